The van der Waals surface area contributed by atoms with Gasteiger partial charge in [-0.1, -0.05) is 12.1 Å². The fourth-order valence-corrected chi connectivity index (χ4v) is 2.62. The third-order valence-corrected chi connectivity index (χ3v) is 3.98. The maximum atomic E-state index is 12.5. The molecule has 2 N–H and O–H groups in total. The van der Waals surface area contributed by atoms with Crippen LogP contribution >= 0.6 is 0 Å². The van der Waals surface area contributed by atoms with Gasteiger partial charge >= 0.3 is 0 Å². The molecule has 142 valence electrons. The van der Waals surface area contributed by atoms with Crippen LogP contribution in [0.15, 0.2) is 67.0 Å². The SMILES string of the molecule is CCOc1ccc(Nc2cncc(C(=O)Nc3cccc(C(C)=O)c3)c2)cc1. The molecule has 6 heteroatoms. The van der Waals surface area contributed by atoms with Gasteiger partial charge in [0.2, 0.25) is 0 Å². The van der Waals surface area contributed by atoms with Crippen molar-refractivity contribution < 1.29 is 14.3 Å². The van der Waals surface area contributed by atoms with E-state index < -0.39 is 0 Å². The zero-order valence-electron chi connectivity index (χ0n) is 15.7. The van der Waals surface area contributed by atoms with E-state index in [1.165, 1.54) is 13.1 Å². The first-order valence-electron chi connectivity index (χ1n) is 8.92. The number of anilines is 3. The molecule has 0 saturated carbocycles. The maximum Gasteiger partial charge on any atom is 0.257 e. The van der Waals surface area contributed by atoms with E-state index in [1.54, 1.807) is 36.5 Å². The number of aromatic nitrogens is 1. The summed E-state index contributed by atoms with van der Waals surface area (Å²) >= 11 is 0. The molecule has 1 aromatic heterocycles. The highest BCUT2D eigenvalue weighted by molar-refractivity contribution is 6.05. The second-order valence-corrected chi connectivity index (χ2v) is 6.14. The van der Waals surface area contributed by atoms with Crippen molar-refractivity contribution in [2.75, 3.05) is 17.2 Å². The fourth-order valence-electron chi connectivity index (χ4n) is 2.62. The minimum atomic E-state index is -0.302. The lowest BCUT2D eigenvalue weighted by atomic mass is 10.1. The van der Waals surface area contributed by atoms with Gasteiger partial charge in [-0.05, 0) is 56.3 Å². The molecule has 6 nitrogen and oxygen atoms in total. The summed E-state index contributed by atoms with van der Waals surface area (Å²) in [6.45, 7) is 4.04. The summed E-state index contributed by atoms with van der Waals surface area (Å²) in [5.41, 5.74) is 3.06. The number of ether oxygens (including phenoxy) is 1. The summed E-state index contributed by atoms with van der Waals surface area (Å²) < 4.78 is 5.43. The van der Waals surface area contributed by atoms with Gasteiger partial charge < -0.3 is 15.4 Å². The second-order valence-electron chi connectivity index (χ2n) is 6.14. The standard InChI is InChI=1S/C22H21N3O3/c1-3-28-21-9-7-18(8-10-21)24-20-12-17(13-23-14-20)22(27)25-19-6-4-5-16(11-19)15(2)26/h4-14,24H,3H2,1-2H3,(H,25,27). The van der Waals surface area contributed by atoms with E-state index >= 15 is 0 Å². The highest BCUT2D eigenvalue weighted by Gasteiger charge is 2.09. The van der Waals surface area contributed by atoms with Crippen LogP contribution in [0.2, 0.25) is 0 Å². The summed E-state index contributed by atoms with van der Waals surface area (Å²) in [5.74, 6) is 0.440. The molecule has 0 aliphatic rings. The van der Waals surface area contributed by atoms with Crippen LogP contribution in [-0.4, -0.2) is 23.3 Å². The summed E-state index contributed by atoms with van der Waals surface area (Å²) in [7, 11) is 0. The van der Waals surface area contributed by atoms with Gasteiger partial charge in [-0.3, -0.25) is 14.6 Å². The number of hydrogen-bond donors (Lipinski definition) is 2. The largest absolute Gasteiger partial charge is 0.494 e. The van der Waals surface area contributed by atoms with Crippen LogP contribution in [0.3, 0.4) is 0 Å². The Morgan fingerprint density at radius 1 is 0.929 bits per heavy atom. The molecule has 0 radical (unpaired) electrons. The molecular weight excluding hydrogens is 354 g/mol. The Labute approximate surface area is 163 Å². The summed E-state index contributed by atoms with van der Waals surface area (Å²) in [5, 5.41) is 6.00. The molecule has 0 spiro atoms. The van der Waals surface area contributed by atoms with Crippen molar-refractivity contribution in [2.24, 2.45) is 0 Å². The van der Waals surface area contributed by atoms with Gasteiger partial charge in [0.05, 0.1) is 24.1 Å². The number of rotatable bonds is 7. The molecule has 3 aromatic rings. The summed E-state index contributed by atoms with van der Waals surface area (Å²) in [4.78, 5) is 28.2. The zero-order chi connectivity index (χ0) is 19.9. The molecule has 1 amide bonds. The van der Waals surface area contributed by atoms with Crippen LogP contribution in [0.5, 0.6) is 5.75 Å². The van der Waals surface area contributed by atoms with Crippen molar-refractivity contribution in [3.8, 4) is 5.75 Å². The predicted molar refractivity (Wildman–Crippen MR) is 110 cm³/mol. The van der Waals surface area contributed by atoms with Crippen LogP contribution in [0, 0.1) is 0 Å². The number of nitrogens with zero attached hydrogens (tertiary/aromatic N) is 1. The van der Waals surface area contributed by atoms with Crippen LogP contribution in [-0.2, 0) is 0 Å². The Kier molecular flexibility index (Phi) is 6.01. The number of amides is 1. The van der Waals surface area contributed by atoms with E-state index in [4.69, 9.17) is 4.74 Å². The minimum absolute atomic E-state index is 0.0562. The Morgan fingerprint density at radius 3 is 2.39 bits per heavy atom. The molecule has 28 heavy (non-hydrogen) atoms. The van der Waals surface area contributed by atoms with E-state index in [1.807, 2.05) is 31.2 Å². The van der Waals surface area contributed by atoms with E-state index in [9.17, 15) is 9.59 Å². The highest BCUT2D eigenvalue weighted by Crippen LogP contribution is 2.21. The highest BCUT2D eigenvalue weighted by atomic mass is 16.5. The van der Waals surface area contributed by atoms with Crippen molar-refractivity contribution in [1.82, 2.24) is 4.98 Å². The molecular formula is C22H21N3O3. The van der Waals surface area contributed by atoms with Crippen LogP contribution in [0.25, 0.3) is 0 Å². The van der Waals surface area contributed by atoms with Gasteiger partial charge in [0, 0.05) is 23.1 Å². The number of nitrogens with one attached hydrogen (secondary N) is 2. The van der Waals surface area contributed by atoms with Crippen molar-refractivity contribution in [3.05, 3.63) is 78.1 Å². The smallest absolute Gasteiger partial charge is 0.257 e. The Hall–Kier alpha value is -3.67. The molecule has 1 heterocycles. The van der Waals surface area contributed by atoms with Gasteiger partial charge in [-0.25, -0.2) is 0 Å². The second kappa shape index (κ2) is 8.81. The minimum Gasteiger partial charge on any atom is -0.494 e. The van der Waals surface area contributed by atoms with Gasteiger partial charge in [-0.15, -0.1) is 0 Å². The third kappa shape index (κ3) is 4.94. The Bertz CT molecular complexity index is 984. The lowest BCUT2D eigenvalue weighted by Gasteiger charge is -2.10. The normalized spacial score (nSPS) is 10.2. The molecule has 0 fully saturated rings. The number of carbonyl (C=O) groups is 2. The monoisotopic (exact) mass is 375 g/mol. The first-order valence-corrected chi connectivity index (χ1v) is 8.92. The molecule has 0 bridgehead atoms. The van der Waals surface area contributed by atoms with Crippen molar-refractivity contribution in [3.63, 3.8) is 0 Å². The molecule has 0 atom stereocenters. The topological polar surface area (TPSA) is 80.3 Å². The molecule has 2 aromatic carbocycles. The zero-order valence-corrected chi connectivity index (χ0v) is 15.7. The molecule has 0 unspecified atom stereocenters. The number of ketones is 1. The number of pyridine rings is 1. The number of Topliss-reactive ketones (excluding diaryl/α,β-unsaturated/α-hetero) is 1. The quantitative estimate of drug-likeness (QED) is 0.586. The van der Waals surface area contributed by atoms with Gasteiger partial charge in [-0.2, -0.15) is 0 Å². The van der Waals surface area contributed by atoms with Crippen LogP contribution in [0.4, 0.5) is 17.1 Å². The Balaban J connectivity index is 1.70. The first-order chi connectivity index (χ1) is 13.5. The van der Waals surface area contributed by atoms with Crippen molar-refractivity contribution in [2.45, 2.75) is 13.8 Å². The number of benzene rings is 2. The van der Waals surface area contributed by atoms with E-state index in [0.29, 0.717) is 29.1 Å². The number of carbonyl (C=O) groups excluding carboxylic acids is 2. The summed E-state index contributed by atoms with van der Waals surface area (Å²) in [6, 6.07) is 16.1. The van der Waals surface area contributed by atoms with Crippen molar-refractivity contribution in [1.29, 1.82) is 0 Å². The number of hydrogen-bond acceptors (Lipinski definition) is 5. The Morgan fingerprint density at radius 2 is 1.68 bits per heavy atom. The van der Waals surface area contributed by atoms with Crippen molar-refractivity contribution >= 4 is 28.8 Å². The van der Waals surface area contributed by atoms with E-state index in [0.717, 1.165) is 11.4 Å². The third-order valence-electron chi connectivity index (χ3n) is 3.98. The van der Waals surface area contributed by atoms with Gasteiger partial charge in [0.25, 0.3) is 5.91 Å². The van der Waals surface area contributed by atoms with Gasteiger partial charge in [0.1, 0.15) is 5.75 Å². The molecule has 0 aliphatic heterocycles. The lowest BCUT2D eigenvalue weighted by Crippen LogP contribution is -2.13. The van der Waals surface area contributed by atoms with E-state index in [-0.39, 0.29) is 11.7 Å². The molecule has 3 rings (SSSR count). The van der Waals surface area contributed by atoms with E-state index in [2.05, 4.69) is 15.6 Å². The maximum absolute atomic E-state index is 12.5. The first kappa shape index (κ1) is 19.1. The molecule has 0 aliphatic carbocycles. The summed E-state index contributed by atoms with van der Waals surface area (Å²) in [6.07, 6.45) is 3.14. The fraction of sp³-hybridized carbons (Fsp3) is 0.136. The van der Waals surface area contributed by atoms with Gasteiger partial charge in [0.15, 0.2) is 5.78 Å². The average Bonchev–Trinajstić information content (AvgIpc) is 2.70. The lowest BCUT2D eigenvalue weighted by molar-refractivity contribution is 0.101. The van der Waals surface area contributed by atoms with Crippen LogP contribution in [0.1, 0.15) is 34.6 Å². The van der Waals surface area contributed by atoms with Crippen LogP contribution < -0.4 is 15.4 Å². The predicted octanol–water partition coefficient (Wildman–Crippen LogP) is 4.68. The molecule has 0 saturated heterocycles. The average molecular weight is 375 g/mol.